The molecule has 0 aliphatic heterocycles. The predicted molar refractivity (Wildman–Crippen MR) is 129 cm³/mol. The standard InChI is InChI=1S/C26H31N3O.ClH/c1-3-28(4-2)19-20-29(21-24-17-11-12-18-27-24)26(30)25(22-13-7-5-8-14-22)23-15-9-6-10-16-23;/h5-18,25H,3-4,19-21H2,1-2H3;1H. The summed E-state index contributed by atoms with van der Waals surface area (Å²) in [5.41, 5.74) is 2.94. The Morgan fingerprint density at radius 1 is 0.806 bits per heavy atom. The fourth-order valence-electron chi connectivity index (χ4n) is 3.71. The Kier molecular flexibility index (Phi) is 10.2. The Hall–Kier alpha value is -2.69. The highest BCUT2D eigenvalue weighted by atomic mass is 35.5. The lowest BCUT2D eigenvalue weighted by atomic mass is 9.90. The van der Waals surface area contributed by atoms with E-state index in [1.807, 2.05) is 83.8 Å². The third kappa shape index (κ3) is 6.91. The molecule has 0 fully saturated rings. The lowest BCUT2D eigenvalue weighted by Gasteiger charge is -2.30. The van der Waals surface area contributed by atoms with Crippen molar-refractivity contribution in [2.75, 3.05) is 26.2 Å². The number of rotatable bonds is 10. The number of halogens is 1. The smallest absolute Gasteiger partial charge is 0.234 e. The normalized spacial score (nSPS) is 10.7. The summed E-state index contributed by atoms with van der Waals surface area (Å²) in [5.74, 6) is -0.210. The lowest BCUT2D eigenvalue weighted by molar-refractivity contribution is -0.132. The molecule has 3 aromatic rings. The molecule has 4 nitrogen and oxygen atoms in total. The number of hydrogen-bond donors (Lipinski definition) is 0. The number of likely N-dealkylation sites (N-methyl/N-ethyl adjacent to an activating group) is 1. The van der Waals surface area contributed by atoms with E-state index in [0.29, 0.717) is 13.1 Å². The minimum Gasteiger partial charge on any atom is -0.335 e. The molecule has 0 atom stereocenters. The maximum Gasteiger partial charge on any atom is 0.234 e. The highest BCUT2D eigenvalue weighted by Gasteiger charge is 2.28. The summed E-state index contributed by atoms with van der Waals surface area (Å²) < 4.78 is 0. The zero-order valence-corrected chi connectivity index (χ0v) is 19.2. The first-order valence-corrected chi connectivity index (χ1v) is 10.7. The van der Waals surface area contributed by atoms with Crippen molar-refractivity contribution in [2.24, 2.45) is 0 Å². The molecule has 2 aromatic carbocycles. The van der Waals surface area contributed by atoms with Crippen molar-refractivity contribution < 1.29 is 4.79 Å². The average molecular weight is 438 g/mol. The van der Waals surface area contributed by atoms with E-state index < -0.39 is 0 Å². The molecule has 0 aliphatic carbocycles. The molecule has 0 saturated heterocycles. The van der Waals surface area contributed by atoms with Gasteiger partial charge in [-0.15, -0.1) is 12.4 Å². The van der Waals surface area contributed by atoms with Crippen LogP contribution in [0, 0.1) is 0 Å². The number of aromatic nitrogens is 1. The maximum absolute atomic E-state index is 13.9. The molecule has 1 aromatic heterocycles. The fourth-order valence-corrected chi connectivity index (χ4v) is 3.71. The van der Waals surface area contributed by atoms with E-state index in [0.717, 1.165) is 36.5 Å². The van der Waals surface area contributed by atoms with Crippen molar-refractivity contribution in [3.8, 4) is 0 Å². The van der Waals surface area contributed by atoms with Gasteiger partial charge in [0.05, 0.1) is 18.2 Å². The number of carbonyl (C=O) groups excluding carboxylic acids is 1. The molecular weight excluding hydrogens is 406 g/mol. The van der Waals surface area contributed by atoms with E-state index >= 15 is 0 Å². The molecule has 0 radical (unpaired) electrons. The first-order valence-electron chi connectivity index (χ1n) is 10.7. The SMILES string of the molecule is CCN(CC)CCN(Cc1ccccn1)C(=O)C(c1ccccc1)c1ccccc1.Cl. The quantitative estimate of drug-likeness (QED) is 0.447. The van der Waals surface area contributed by atoms with Crippen LogP contribution in [0.4, 0.5) is 0 Å². The minimum absolute atomic E-state index is 0. The number of pyridine rings is 1. The van der Waals surface area contributed by atoms with Gasteiger partial charge in [0.25, 0.3) is 0 Å². The molecule has 164 valence electrons. The zero-order valence-electron chi connectivity index (χ0n) is 18.4. The van der Waals surface area contributed by atoms with Gasteiger partial charge in [-0.1, -0.05) is 80.6 Å². The van der Waals surface area contributed by atoms with Gasteiger partial charge >= 0.3 is 0 Å². The van der Waals surface area contributed by atoms with Gasteiger partial charge < -0.3 is 9.80 Å². The second-order valence-corrected chi connectivity index (χ2v) is 7.36. The van der Waals surface area contributed by atoms with E-state index in [1.165, 1.54) is 0 Å². The summed E-state index contributed by atoms with van der Waals surface area (Å²) in [4.78, 5) is 22.7. The van der Waals surface area contributed by atoms with Crippen LogP contribution >= 0.6 is 12.4 Å². The van der Waals surface area contributed by atoms with Gasteiger partial charge in [-0.2, -0.15) is 0 Å². The summed E-state index contributed by atoms with van der Waals surface area (Å²) in [6, 6.07) is 26.0. The molecule has 0 unspecified atom stereocenters. The van der Waals surface area contributed by atoms with Crippen LogP contribution in [-0.2, 0) is 11.3 Å². The molecule has 1 amide bonds. The summed E-state index contributed by atoms with van der Waals surface area (Å²) in [5, 5.41) is 0. The van der Waals surface area contributed by atoms with E-state index in [-0.39, 0.29) is 24.2 Å². The van der Waals surface area contributed by atoms with E-state index in [2.05, 4.69) is 23.7 Å². The highest BCUT2D eigenvalue weighted by molar-refractivity contribution is 5.87. The summed E-state index contributed by atoms with van der Waals surface area (Å²) >= 11 is 0. The third-order valence-corrected chi connectivity index (χ3v) is 5.48. The summed E-state index contributed by atoms with van der Waals surface area (Å²) in [6.07, 6.45) is 1.79. The number of hydrogen-bond acceptors (Lipinski definition) is 3. The minimum atomic E-state index is -0.326. The second-order valence-electron chi connectivity index (χ2n) is 7.36. The number of amides is 1. The Morgan fingerprint density at radius 3 is 1.84 bits per heavy atom. The van der Waals surface area contributed by atoms with Crippen LogP contribution in [0.2, 0.25) is 0 Å². The summed E-state index contributed by atoms with van der Waals surface area (Å²) in [6.45, 7) is 8.30. The van der Waals surface area contributed by atoms with Crippen molar-refractivity contribution in [3.63, 3.8) is 0 Å². The maximum atomic E-state index is 13.9. The monoisotopic (exact) mass is 437 g/mol. The highest BCUT2D eigenvalue weighted by Crippen LogP contribution is 2.27. The molecule has 0 spiro atoms. The molecule has 5 heteroatoms. The topological polar surface area (TPSA) is 36.4 Å². The average Bonchev–Trinajstić information content (AvgIpc) is 2.81. The van der Waals surface area contributed by atoms with Gasteiger partial charge in [-0.3, -0.25) is 9.78 Å². The van der Waals surface area contributed by atoms with Gasteiger partial charge in [0.2, 0.25) is 5.91 Å². The van der Waals surface area contributed by atoms with Crippen molar-refractivity contribution >= 4 is 18.3 Å². The van der Waals surface area contributed by atoms with Crippen LogP contribution in [0.5, 0.6) is 0 Å². The molecule has 1 heterocycles. The fraction of sp³-hybridized carbons (Fsp3) is 0.308. The molecule has 0 bridgehead atoms. The predicted octanol–water partition coefficient (Wildman–Crippen LogP) is 5.01. The third-order valence-electron chi connectivity index (χ3n) is 5.48. The van der Waals surface area contributed by atoms with Gasteiger partial charge in [-0.05, 0) is 36.3 Å². The number of nitrogens with zero attached hydrogens (tertiary/aromatic N) is 3. The van der Waals surface area contributed by atoms with Crippen molar-refractivity contribution in [3.05, 3.63) is 102 Å². The van der Waals surface area contributed by atoms with E-state index in [4.69, 9.17) is 0 Å². The van der Waals surface area contributed by atoms with Crippen LogP contribution in [-0.4, -0.2) is 46.9 Å². The van der Waals surface area contributed by atoms with Crippen LogP contribution in [0.25, 0.3) is 0 Å². The molecule has 0 aliphatic rings. The molecule has 3 rings (SSSR count). The van der Waals surface area contributed by atoms with Gasteiger partial charge in [0.15, 0.2) is 0 Å². The Bertz CT molecular complexity index is 847. The zero-order chi connectivity index (χ0) is 21.2. The van der Waals surface area contributed by atoms with Crippen LogP contribution < -0.4 is 0 Å². The van der Waals surface area contributed by atoms with Gasteiger partial charge in [0.1, 0.15) is 0 Å². The molecule has 0 N–H and O–H groups in total. The van der Waals surface area contributed by atoms with Gasteiger partial charge in [0, 0.05) is 19.3 Å². The molecule has 31 heavy (non-hydrogen) atoms. The molecular formula is C26H32ClN3O. The number of benzene rings is 2. The first kappa shape index (κ1) is 24.6. The van der Waals surface area contributed by atoms with Crippen molar-refractivity contribution in [1.82, 2.24) is 14.8 Å². The van der Waals surface area contributed by atoms with Crippen LogP contribution in [0.1, 0.15) is 36.6 Å². The van der Waals surface area contributed by atoms with Crippen LogP contribution in [0.15, 0.2) is 85.1 Å². The largest absolute Gasteiger partial charge is 0.335 e. The van der Waals surface area contributed by atoms with E-state index in [9.17, 15) is 4.79 Å². The lowest BCUT2D eigenvalue weighted by Crippen LogP contribution is -2.41. The van der Waals surface area contributed by atoms with E-state index in [1.54, 1.807) is 6.20 Å². The summed E-state index contributed by atoms with van der Waals surface area (Å²) in [7, 11) is 0. The Balaban J connectivity index is 0.00000341. The molecule has 0 saturated carbocycles. The Labute approximate surface area is 192 Å². The van der Waals surface area contributed by atoms with Gasteiger partial charge in [-0.25, -0.2) is 0 Å². The Morgan fingerprint density at radius 2 is 1.35 bits per heavy atom. The van der Waals surface area contributed by atoms with Crippen LogP contribution in [0.3, 0.4) is 0 Å². The second kappa shape index (κ2) is 12.9. The van der Waals surface area contributed by atoms with Crippen molar-refractivity contribution in [2.45, 2.75) is 26.3 Å². The number of carbonyl (C=O) groups is 1. The van der Waals surface area contributed by atoms with Crippen molar-refractivity contribution in [1.29, 1.82) is 0 Å². The first-order chi connectivity index (χ1) is 14.7.